The van der Waals surface area contributed by atoms with Crippen molar-refractivity contribution in [1.82, 2.24) is 4.98 Å². The Kier molecular flexibility index (Phi) is 3.28. The van der Waals surface area contributed by atoms with Crippen LogP contribution in [-0.4, -0.2) is 4.98 Å². The van der Waals surface area contributed by atoms with E-state index in [0.29, 0.717) is 11.7 Å². The van der Waals surface area contributed by atoms with Gasteiger partial charge < -0.3 is 9.73 Å². The summed E-state index contributed by atoms with van der Waals surface area (Å²) in [7, 11) is 0. The Balaban J connectivity index is 2.02. The minimum absolute atomic E-state index is 0.471. The van der Waals surface area contributed by atoms with E-state index in [0.717, 1.165) is 15.9 Å². The molecule has 2 rings (SSSR count). The van der Waals surface area contributed by atoms with Gasteiger partial charge in [-0.2, -0.15) is 0 Å². The van der Waals surface area contributed by atoms with Crippen molar-refractivity contribution in [3.05, 3.63) is 46.0 Å². The maximum atomic E-state index is 5.75. The van der Waals surface area contributed by atoms with Gasteiger partial charge in [-0.05, 0) is 34.1 Å². The van der Waals surface area contributed by atoms with Crippen molar-refractivity contribution in [2.45, 2.75) is 6.54 Å². The topological polar surface area (TPSA) is 38.1 Å². The normalized spacial score (nSPS) is 10.3. The van der Waals surface area contributed by atoms with Crippen LogP contribution in [0.4, 0.5) is 5.69 Å². The van der Waals surface area contributed by atoms with Gasteiger partial charge in [-0.25, -0.2) is 4.98 Å². The Morgan fingerprint density at radius 3 is 3.00 bits per heavy atom. The van der Waals surface area contributed by atoms with Gasteiger partial charge in [-0.15, -0.1) is 0 Å². The molecule has 78 valence electrons. The number of furan rings is 1. The van der Waals surface area contributed by atoms with E-state index in [1.165, 1.54) is 0 Å². The zero-order chi connectivity index (χ0) is 10.7. The zero-order valence-electron chi connectivity index (χ0n) is 7.71. The van der Waals surface area contributed by atoms with E-state index < -0.39 is 0 Å². The summed E-state index contributed by atoms with van der Waals surface area (Å²) in [5.74, 6) is 0.850. The number of anilines is 1. The van der Waals surface area contributed by atoms with Crippen LogP contribution in [0.3, 0.4) is 0 Å². The lowest BCUT2D eigenvalue weighted by atomic mass is 10.4. The molecule has 0 aliphatic carbocycles. The van der Waals surface area contributed by atoms with Crippen molar-refractivity contribution in [3.8, 4) is 0 Å². The first-order valence-electron chi connectivity index (χ1n) is 4.33. The van der Waals surface area contributed by atoms with Crippen LogP contribution in [0.25, 0.3) is 0 Å². The highest BCUT2D eigenvalue weighted by Gasteiger charge is 2.02. The predicted octanol–water partition coefficient (Wildman–Crippen LogP) is 3.70. The van der Waals surface area contributed by atoms with Gasteiger partial charge in [0.05, 0.1) is 17.3 Å². The van der Waals surface area contributed by atoms with E-state index in [1.807, 2.05) is 12.1 Å². The molecule has 0 aliphatic rings. The molecular weight excluding hydrogens is 279 g/mol. The number of hydrogen-bond acceptors (Lipinski definition) is 3. The number of aromatic nitrogens is 1. The molecule has 0 atom stereocenters. The molecule has 0 unspecified atom stereocenters. The summed E-state index contributed by atoms with van der Waals surface area (Å²) in [5, 5.41) is 3.65. The standard InChI is InChI=1S/C10H8BrClN2O/c11-8-2-4-15-9(8)6-14-7-1-3-13-10(12)5-7/h1-5H,6H2,(H,13,14). The third-order valence-corrected chi connectivity index (χ3v) is 2.78. The summed E-state index contributed by atoms with van der Waals surface area (Å²) in [6.45, 7) is 0.605. The van der Waals surface area contributed by atoms with Crippen LogP contribution >= 0.6 is 27.5 Å². The first-order valence-corrected chi connectivity index (χ1v) is 5.50. The van der Waals surface area contributed by atoms with Crippen LogP contribution < -0.4 is 5.32 Å². The van der Waals surface area contributed by atoms with Gasteiger partial charge in [0.2, 0.25) is 0 Å². The molecule has 2 heterocycles. The fraction of sp³-hybridized carbons (Fsp3) is 0.100. The van der Waals surface area contributed by atoms with Crippen LogP contribution in [0.2, 0.25) is 5.15 Å². The van der Waals surface area contributed by atoms with Gasteiger partial charge in [0.25, 0.3) is 0 Å². The lowest BCUT2D eigenvalue weighted by Gasteiger charge is -2.04. The summed E-state index contributed by atoms with van der Waals surface area (Å²) < 4.78 is 6.21. The van der Waals surface area contributed by atoms with Crippen molar-refractivity contribution < 1.29 is 4.42 Å². The molecule has 0 spiro atoms. The van der Waals surface area contributed by atoms with Gasteiger partial charge in [-0.1, -0.05) is 11.6 Å². The first kappa shape index (κ1) is 10.5. The monoisotopic (exact) mass is 286 g/mol. The predicted molar refractivity (Wildman–Crippen MR) is 63.0 cm³/mol. The highest BCUT2D eigenvalue weighted by molar-refractivity contribution is 9.10. The van der Waals surface area contributed by atoms with Crippen molar-refractivity contribution in [1.29, 1.82) is 0 Å². The molecule has 0 saturated heterocycles. The Morgan fingerprint density at radius 2 is 2.33 bits per heavy atom. The van der Waals surface area contributed by atoms with Crippen LogP contribution in [0.5, 0.6) is 0 Å². The molecule has 1 N–H and O–H groups in total. The number of rotatable bonds is 3. The Bertz CT molecular complexity index is 458. The maximum absolute atomic E-state index is 5.75. The van der Waals surface area contributed by atoms with Gasteiger partial charge >= 0.3 is 0 Å². The second-order valence-electron chi connectivity index (χ2n) is 2.91. The molecule has 0 fully saturated rings. The van der Waals surface area contributed by atoms with Crippen LogP contribution in [0.15, 0.2) is 39.5 Å². The molecule has 3 nitrogen and oxygen atoms in total. The van der Waals surface area contributed by atoms with E-state index in [1.54, 1.807) is 18.5 Å². The third kappa shape index (κ3) is 2.73. The summed E-state index contributed by atoms with van der Waals surface area (Å²) in [5.41, 5.74) is 0.915. The molecule has 5 heteroatoms. The summed E-state index contributed by atoms with van der Waals surface area (Å²) >= 11 is 9.14. The Hall–Kier alpha value is -1.00. The number of nitrogens with zero attached hydrogens (tertiary/aromatic N) is 1. The van der Waals surface area contributed by atoms with Crippen LogP contribution in [0.1, 0.15) is 5.76 Å². The van der Waals surface area contributed by atoms with Crippen molar-refractivity contribution in [3.63, 3.8) is 0 Å². The number of nitrogens with one attached hydrogen (secondary N) is 1. The number of hydrogen-bond donors (Lipinski definition) is 1. The largest absolute Gasteiger partial charge is 0.466 e. The SMILES string of the molecule is Clc1cc(NCc2occc2Br)ccn1. The Morgan fingerprint density at radius 1 is 1.47 bits per heavy atom. The molecule has 0 aliphatic heterocycles. The van der Waals surface area contributed by atoms with Gasteiger partial charge in [0, 0.05) is 11.9 Å². The van der Waals surface area contributed by atoms with E-state index in [2.05, 4.69) is 26.2 Å². The van der Waals surface area contributed by atoms with E-state index >= 15 is 0 Å². The van der Waals surface area contributed by atoms with Gasteiger partial charge in [0.1, 0.15) is 10.9 Å². The molecule has 0 amide bonds. The minimum Gasteiger partial charge on any atom is -0.466 e. The minimum atomic E-state index is 0.471. The van der Waals surface area contributed by atoms with Gasteiger partial charge in [0.15, 0.2) is 0 Å². The highest BCUT2D eigenvalue weighted by Crippen LogP contribution is 2.19. The summed E-state index contributed by atoms with van der Waals surface area (Å²) in [6.07, 6.45) is 3.29. The Labute approximate surface area is 101 Å². The van der Waals surface area contributed by atoms with Crippen molar-refractivity contribution >= 4 is 33.2 Å². The number of halogens is 2. The first-order chi connectivity index (χ1) is 7.25. The fourth-order valence-electron chi connectivity index (χ4n) is 1.15. The average Bonchev–Trinajstić information content (AvgIpc) is 2.61. The zero-order valence-corrected chi connectivity index (χ0v) is 10.0. The van der Waals surface area contributed by atoms with E-state index in [4.69, 9.17) is 16.0 Å². The summed E-state index contributed by atoms with van der Waals surface area (Å²) in [4.78, 5) is 3.90. The van der Waals surface area contributed by atoms with E-state index in [9.17, 15) is 0 Å². The molecule has 0 bridgehead atoms. The summed E-state index contributed by atoms with van der Waals surface area (Å²) in [6, 6.07) is 5.47. The average molecular weight is 288 g/mol. The van der Waals surface area contributed by atoms with Crippen molar-refractivity contribution in [2.24, 2.45) is 0 Å². The second kappa shape index (κ2) is 4.68. The highest BCUT2D eigenvalue weighted by atomic mass is 79.9. The van der Waals surface area contributed by atoms with Crippen LogP contribution in [0, 0.1) is 0 Å². The third-order valence-electron chi connectivity index (χ3n) is 1.87. The van der Waals surface area contributed by atoms with Crippen molar-refractivity contribution in [2.75, 3.05) is 5.32 Å². The molecule has 2 aromatic rings. The molecule has 2 aromatic heterocycles. The fourth-order valence-corrected chi connectivity index (χ4v) is 1.66. The molecule has 0 saturated carbocycles. The quantitative estimate of drug-likeness (QED) is 0.875. The lowest BCUT2D eigenvalue weighted by molar-refractivity contribution is 0.516. The number of pyridine rings is 1. The molecular formula is C10H8BrClN2O. The van der Waals surface area contributed by atoms with Gasteiger partial charge in [-0.3, -0.25) is 0 Å². The maximum Gasteiger partial charge on any atom is 0.136 e. The lowest BCUT2D eigenvalue weighted by Crippen LogP contribution is -1.98. The van der Waals surface area contributed by atoms with Crippen LogP contribution in [-0.2, 0) is 6.54 Å². The molecule has 0 aromatic carbocycles. The molecule has 15 heavy (non-hydrogen) atoms. The molecule has 0 radical (unpaired) electrons. The second-order valence-corrected chi connectivity index (χ2v) is 4.15. The van der Waals surface area contributed by atoms with E-state index in [-0.39, 0.29) is 0 Å². The smallest absolute Gasteiger partial charge is 0.136 e.